The molecule has 8 nitrogen and oxygen atoms in total. The van der Waals surface area contributed by atoms with Gasteiger partial charge in [0.25, 0.3) is 5.91 Å². The summed E-state index contributed by atoms with van der Waals surface area (Å²) in [5.74, 6) is 0.257. The number of sulfonamides is 1. The number of benzene rings is 1. The summed E-state index contributed by atoms with van der Waals surface area (Å²) >= 11 is 0. The van der Waals surface area contributed by atoms with Gasteiger partial charge in [-0.2, -0.15) is 4.31 Å². The normalized spacial score (nSPS) is 22.6. The van der Waals surface area contributed by atoms with E-state index in [9.17, 15) is 18.0 Å². The number of nitrogens with zero attached hydrogens (tertiary/aromatic N) is 2. The average Bonchev–Trinajstić information content (AvgIpc) is 3.43. The van der Waals surface area contributed by atoms with Gasteiger partial charge in [0.15, 0.2) is 6.61 Å². The minimum absolute atomic E-state index is 0.0797. The lowest BCUT2D eigenvalue weighted by atomic mass is 10.3. The van der Waals surface area contributed by atoms with Crippen LogP contribution in [0.25, 0.3) is 0 Å². The second kappa shape index (κ2) is 8.48. The van der Waals surface area contributed by atoms with Crippen LogP contribution in [0.1, 0.15) is 20.3 Å². The molecule has 28 heavy (non-hydrogen) atoms. The molecule has 1 aromatic carbocycles. The van der Waals surface area contributed by atoms with Crippen molar-refractivity contribution in [2.45, 2.75) is 25.2 Å². The zero-order valence-corrected chi connectivity index (χ0v) is 17.0. The van der Waals surface area contributed by atoms with E-state index in [1.807, 2.05) is 13.8 Å². The van der Waals surface area contributed by atoms with Crippen molar-refractivity contribution in [3.63, 3.8) is 0 Å². The minimum Gasteiger partial charge on any atom is -0.494 e. The first kappa shape index (κ1) is 20.6. The van der Waals surface area contributed by atoms with Crippen LogP contribution in [0.3, 0.4) is 0 Å². The third-order valence-corrected chi connectivity index (χ3v) is 7.03. The maximum absolute atomic E-state index is 12.8. The Morgan fingerprint density at radius 2 is 1.71 bits per heavy atom. The van der Waals surface area contributed by atoms with Gasteiger partial charge in [0.1, 0.15) is 5.75 Å². The highest BCUT2D eigenvalue weighted by atomic mass is 32.2. The number of carbonyl (C=O) groups excluding carboxylic acids is 2. The van der Waals surface area contributed by atoms with Crippen LogP contribution in [0.5, 0.6) is 5.75 Å². The molecule has 2 aliphatic rings. The fourth-order valence-electron chi connectivity index (χ4n) is 3.18. The smallest absolute Gasteiger partial charge is 0.309 e. The predicted octanol–water partition coefficient (Wildman–Crippen LogP) is 1.12. The SMILES string of the molecule is CCOc1ccc(S(=O)(=O)N2CCN(C(=O)COC(=O)[C@@H]3C[C@H]3C)CC2)cc1. The molecule has 1 saturated heterocycles. The Morgan fingerprint density at radius 1 is 1.11 bits per heavy atom. The van der Waals surface area contributed by atoms with Gasteiger partial charge in [-0.05, 0) is 43.5 Å². The second-order valence-corrected chi connectivity index (χ2v) is 9.05. The monoisotopic (exact) mass is 410 g/mol. The van der Waals surface area contributed by atoms with Gasteiger partial charge in [-0.3, -0.25) is 9.59 Å². The van der Waals surface area contributed by atoms with Crippen molar-refractivity contribution in [3.8, 4) is 5.75 Å². The molecule has 0 bridgehead atoms. The molecule has 0 aromatic heterocycles. The average molecular weight is 410 g/mol. The van der Waals surface area contributed by atoms with Crippen LogP contribution in [-0.2, 0) is 24.3 Å². The van der Waals surface area contributed by atoms with Crippen molar-refractivity contribution in [3.05, 3.63) is 24.3 Å². The van der Waals surface area contributed by atoms with Gasteiger partial charge in [-0.25, -0.2) is 8.42 Å². The number of hydrogen-bond donors (Lipinski definition) is 0. The topological polar surface area (TPSA) is 93.2 Å². The van der Waals surface area contributed by atoms with Crippen LogP contribution in [0, 0.1) is 11.8 Å². The first-order chi connectivity index (χ1) is 13.3. The Morgan fingerprint density at radius 3 is 2.25 bits per heavy atom. The van der Waals surface area contributed by atoms with Gasteiger partial charge in [-0.1, -0.05) is 6.92 Å². The Balaban J connectivity index is 1.50. The highest BCUT2D eigenvalue weighted by Crippen LogP contribution is 2.38. The number of rotatable bonds is 7. The van der Waals surface area contributed by atoms with Crippen LogP contribution in [0.4, 0.5) is 0 Å². The van der Waals surface area contributed by atoms with Crippen LogP contribution >= 0.6 is 0 Å². The molecule has 0 N–H and O–H groups in total. The third-order valence-electron chi connectivity index (χ3n) is 5.11. The van der Waals surface area contributed by atoms with Crippen molar-refractivity contribution < 1.29 is 27.5 Å². The number of piperazine rings is 1. The van der Waals surface area contributed by atoms with Gasteiger partial charge in [0, 0.05) is 26.2 Å². The maximum atomic E-state index is 12.8. The molecule has 2 fully saturated rings. The van der Waals surface area contributed by atoms with E-state index in [1.54, 1.807) is 12.1 Å². The minimum atomic E-state index is -3.62. The lowest BCUT2D eigenvalue weighted by Crippen LogP contribution is -2.51. The quantitative estimate of drug-likeness (QED) is 0.626. The second-order valence-electron chi connectivity index (χ2n) is 7.12. The molecular formula is C19H26N2O6S. The van der Waals surface area contributed by atoms with Crippen molar-refractivity contribution in [1.29, 1.82) is 0 Å². The molecule has 1 amide bonds. The van der Waals surface area contributed by atoms with Crippen molar-refractivity contribution >= 4 is 21.9 Å². The molecule has 9 heteroatoms. The third kappa shape index (κ3) is 4.64. The molecule has 1 aromatic rings. The summed E-state index contributed by atoms with van der Waals surface area (Å²) in [4.78, 5) is 25.7. The summed E-state index contributed by atoms with van der Waals surface area (Å²) in [6.45, 7) is 5.00. The number of hydrogen-bond acceptors (Lipinski definition) is 6. The zero-order valence-electron chi connectivity index (χ0n) is 16.2. The van der Waals surface area contributed by atoms with E-state index in [-0.39, 0.29) is 55.5 Å². The summed E-state index contributed by atoms with van der Waals surface area (Å²) in [5, 5.41) is 0. The van der Waals surface area contributed by atoms with Crippen LogP contribution < -0.4 is 4.74 Å². The van der Waals surface area contributed by atoms with Crippen molar-refractivity contribution in [2.24, 2.45) is 11.8 Å². The molecule has 154 valence electrons. The van der Waals surface area contributed by atoms with Crippen LogP contribution in [0.15, 0.2) is 29.2 Å². The van der Waals surface area contributed by atoms with Crippen LogP contribution in [0.2, 0.25) is 0 Å². The lowest BCUT2D eigenvalue weighted by Gasteiger charge is -2.33. The Labute approximate surface area is 165 Å². The molecule has 0 spiro atoms. The highest BCUT2D eigenvalue weighted by Gasteiger charge is 2.41. The maximum Gasteiger partial charge on any atom is 0.309 e. The fraction of sp³-hybridized carbons (Fsp3) is 0.579. The molecule has 0 radical (unpaired) electrons. The summed E-state index contributed by atoms with van der Waals surface area (Å²) in [5.41, 5.74) is 0. The van der Waals surface area contributed by atoms with E-state index in [4.69, 9.17) is 9.47 Å². The summed E-state index contributed by atoms with van der Waals surface area (Å²) in [6.07, 6.45) is 0.815. The predicted molar refractivity (Wildman–Crippen MR) is 101 cm³/mol. The first-order valence-corrected chi connectivity index (χ1v) is 10.9. The Hall–Kier alpha value is -2.13. The molecule has 1 saturated carbocycles. The largest absolute Gasteiger partial charge is 0.494 e. The fourth-order valence-corrected chi connectivity index (χ4v) is 4.61. The number of esters is 1. The van der Waals surface area contributed by atoms with Gasteiger partial charge >= 0.3 is 5.97 Å². The summed E-state index contributed by atoms with van der Waals surface area (Å²) in [6, 6.07) is 6.31. The highest BCUT2D eigenvalue weighted by molar-refractivity contribution is 7.89. The molecule has 0 unspecified atom stereocenters. The number of amides is 1. The molecule has 2 atom stereocenters. The zero-order chi connectivity index (χ0) is 20.3. The van der Waals surface area contributed by atoms with Gasteiger partial charge in [0.2, 0.25) is 10.0 Å². The number of ether oxygens (including phenoxy) is 2. The molecule has 1 aliphatic carbocycles. The summed E-state index contributed by atoms with van der Waals surface area (Å²) < 4.78 is 37.3. The number of carbonyl (C=O) groups is 2. The molecule has 3 rings (SSSR count). The first-order valence-electron chi connectivity index (χ1n) is 9.50. The molecular weight excluding hydrogens is 384 g/mol. The Kier molecular flexibility index (Phi) is 6.24. The van der Waals surface area contributed by atoms with Gasteiger partial charge < -0.3 is 14.4 Å². The molecule has 1 heterocycles. The van der Waals surface area contributed by atoms with E-state index >= 15 is 0 Å². The van der Waals surface area contributed by atoms with E-state index in [0.29, 0.717) is 18.3 Å². The molecule has 1 aliphatic heterocycles. The van der Waals surface area contributed by atoms with E-state index in [1.165, 1.54) is 21.3 Å². The lowest BCUT2D eigenvalue weighted by molar-refractivity contribution is -0.153. The summed E-state index contributed by atoms with van der Waals surface area (Å²) in [7, 11) is -3.62. The van der Waals surface area contributed by atoms with Gasteiger partial charge in [0.05, 0.1) is 17.4 Å². The van der Waals surface area contributed by atoms with E-state index < -0.39 is 10.0 Å². The Bertz CT molecular complexity index is 815. The van der Waals surface area contributed by atoms with Gasteiger partial charge in [-0.15, -0.1) is 0 Å². The standard InChI is InChI=1S/C19H26N2O6S/c1-3-26-15-4-6-16(7-5-15)28(24,25)21-10-8-20(9-11-21)18(22)13-27-19(23)17-12-14(17)2/h4-7,14,17H,3,8-13H2,1-2H3/t14-,17-/m1/s1. The van der Waals surface area contributed by atoms with E-state index in [2.05, 4.69) is 0 Å². The van der Waals surface area contributed by atoms with Crippen LogP contribution in [-0.4, -0.2) is 68.9 Å². The van der Waals surface area contributed by atoms with Crippen molar-refractivity contribution in [1.82, 2.24) is 9.21 Å². The van der Waals surface area contributed by atoms with E-state index in [0.717, 1.165) is 6.42 Å². The van der Waals surface area contributed by atoms with Crippen molar-refractivity contribution in [2.75, 3.05) is 39.4 Å².